The van der Waals surface area contributed by atoms with Gasteiger partial charge in [-0.25, -0.2) is 0 Å². The summed E-state index contributed by atoms with van der Waals surface area (Å²) in [5.41, 5.74) is 1.19. The van der Waals surface area contributed by atoms with Crippen molar-refractivity contribution >= 4 is 11.8 Å². The molecule has 1 aromatic rings. The van der Waals surface area contributed by atoms with E-state index in [0.29, 0.717) is 19.6 Å². The first-order valence-electron chi connectivity index (χ1n) is 7.66. The number of carbonyl (C=O) groups is 2. The van der Waals surface area contributed by atoms with Crippen LogP contribution in [0.3, 0.4) is 0 Å². The van der Waals surface area contributed by atoms with E-state index in [1.54, 1.807) is 6.92 Å². The van der Waals surface area contributed by atoms with Gasteiger partial charge in [0.1, 0.15) is 5.92 Å². The maximum atomic E-state index is 12.0. The number of ether oxygens (including phenoxy) is 1. The Morgan fingerprint density at radius 2 is 1.95 bits per heavy atom. The molecule has 1 heterocycles. The number of hydrogen-bond donors (Lipinski definition) is 0. The molecule has 4 heteroatoms. The second-order valence-electron chi connectivity index (χ2n) is 4.76. The molecule has 1 aromatic carbocycles. The van der Waals surface area contributed by atoms with Crippen molar-refractivity contribution in [3.05, 3.63) is 35.9 Å². The third-order valence-corrected chi connectivity index (χ3v) is 3.32. The first kappa shape index (κ1) is 17.4. The fourth-order valence-corrected chi connectivity index (χ4v) is 2.35. The zero-order valence-corrected chi connectivity index (χ0v) is 13.2. The van der Waals surface area contributed by atoms with Crippen molar-refractivity contribution in [2.75, 3.05) is 19.7 Å². The number of Topliss-reactive ketones (excluding diaryl/α,β-unsaturated/α-hetero) is 1. The largest absolute Gasteiger partial charge is 0.465 e. The van der Waals surface area contributed by atoms with Crippen molar-refractivity contribution in [1.82, 2.24) is 4.90 Å². The van der Waals surface area contributed by atoms with Crippen LogP contribution in [0.15, 0.2) is 30.3 Å². The SMILES string of the molecule is CC.CCOC(=O)C1CCN(Cc2ccccc2)CC1=O. The van der Waals surface area contributed by atoms with E-state index in [4.69, 9.17) is 4.74 Å². The highest BCUT2D eigenvalue weighted by Gasteiger charge is 2.33. The van der Waals surface area contributed by atoms with Gasteiger partial charge >= 0.3 is 5.97 Å². The lowest BCUT2D eigenvalue weighted by molar-refractivity contribution is -0.153. The molecule has 0 bridgehead atoms. The average molecular weight is 291 g/mol. The summed E-state index contributed by atoms with van der Waals surface area (Å²) < 4.78 is 4.93. The van der Waals surface area contributed by atoms with Gasteiger partial charge in [-0.2, -0.15) is 0 Å². The number of piperidine rings is 1. The first-order valence-corrected chi connectivity index (χ1v) is 7.66. The standard InChI is InChI=1S/C15H19NO3.C2H6/c1-2-19-15(18)13-8-9-16(11-14(13)17)10-12-6-4-3-5-7-12;1-2/h3-7,13H,2,8-11H2,1H3;1-2H3. The van der Waals surface area contributed by atoms with Crippen LogP contribution >= 0.6 is 0 Å². The molecule has 0 saturated carbocycles. The van der Waals surface area contributed by atoms with Crippen LogP contribution < -0.4 is 0 Å². The van der Waals surface area contributed by atoms with E-state index in [0.717, 1.165) is 13.1 Å². The predicted molar refractivity (Wildman–Crippen MR) is 82.8 cm³/mol. The zero-order valence-electron chi connectivity index (χ0n) is 13.2. The van der Waals surface area contributed by atoms with Crippen molar-refractivity contribution in [2.45, 2.75) is 33.7 Å². The van der Waals surface area contributed by atoms with Crippen molar-refractivity contribution in [2.24, 2.45) is 5.92 Å². The number of ketones is 1. The maximum Gasteiger partial charge on any atom is 0.316 e. The molecular weight excluding hydrogens is 266 g/mol. The molecule has 116 valence electrons. The smallest absolute Gasteiger partial charge is 0.316 e. The maximum absolute atomic E-state index is 12.0. The van der Waals surface area contributed by atoms with Gasteiger partial charge in [0.2, 0.25) is 0 Å². The van der Waals surface area contributed by atoms with E-state index >= 15 is 0 Å². The summed E-state index contributed by atoms with van der Waals surface area (Å²) in [4.78, 5) is 25.7. The second kappa shape index (κ2) is 9.29. The number of hydrogen-bond acceptors (Lipinski definition) is 4. The van der Waals surface area contributed by atoms with Gasteiger partial charge < -0.3 is 4.74 Å². The minimum absolute atomic E-state index is 0.0272. The molecule has 0 aliphatic carbocycles. The van der Waals surface area contributed by atoms with Crippen molar-refractivity contribution in [3.8, 4) is 0 Å². The van der Waals surface area contributed by atoms with Gasteiger partial charge in [0, 0.05) is 13.1 Å². The van der Waals surface area contributed by atoms with Gasteiger partial charge in [-0.1, -0.05) is 44.2 Å². The predicted octanol–water partition coefficient (Wildman–Crippen LogP) is 2.67. The van der Waals surface area contributed by atoms with Crippen LogP contribution in [0.5, 0.6) is 0 Å². The Kier molecular flexibility index (Phi) is 7.69. The molecule has 1 unspecified atom stereocenters. The van der Waals surface area contributed by atoms with Crippen LogP contribution in [-0.4, -0.2) is 36.3 Å². The monoisotopic (exact) mass is 291 g/mol. The molecule has 1 atom stereocenters. The highest BCUT2D eigenvalue weighted by molar-refractivity contribution is 6.00. The van der Waals surface area contributed by atoms with Crippen LogP contribution in [0.1, 0.15) is 32.8 Å². The van der Waals surface area contributed by atoms with E-state index in [1.807, 2.05) is 44.2 Å². The Morgan fingerprint density at radius 3 is 2.52 bits per heavy atom. The number of rotatable bonds is 4. The number of likely N-dealkylation sites (tertiary alicyclic amines) is 1. The Bertz CT molecular complexity index is 445. The summed E-state index contributed by atoms with van der Waals surface area (Å²) >= 11 is 0. The van der Waals surface area contributed by atoms with Gasteiger partial charge in [0.05, 0.1) is 13.2 Å². The molecule has 0 amide bonds. The average Bonchev–Trinajstić information content (AvgIpc) is 2.50. The molecule has 2 rings (SSSR count). The minimum Gasteiger partial charge on any atom is -0.465 e. The number of esters is 1. The molecule has 0 N–H and O–H groups in total. The molecule has 1 aliphatic heterocycles. The van der Waals surface area contributed by atoms with E-state index in [-0.39, 0.29) is 11.8 Å². The second-order valence-corrected chi connectivity index (χ2v) is 4.76. The third kappa shape index (κ3) is 5.31. The summed E-state index contributed by atoms with van der Waals surface area (Å²) in [6.45, 7) is 7.92. The van der Waals surface area contributed by atoms with Crippen molar-refractivity contribution in [3.63, 3.8) is 0 Å². The van der Waals surface area contributed by atoms with Gasteiger partial charge in [0.25, 0.3) is 0 Å². The van der Waals surface area contributed by atoms with E-state index in [9.17, 15) is 9.59 Å². The zero-order chi connectivity index (χ0) is 15.7. The topological polar surface area (TPSA) is 46.6 Å². The lowest BCUT2D eigenvalue weighted by Gasteiger charge is -2.29. The molecular formula is C17H25NO3. The van der Waals surface area contributed by atoms with Crippen LogP contribution in [0.25, 0.3) is 0 Å². The van der Waals surface area contributed by atoms with Crippen molar-refractivity contribution < 1.29 is 14.3 Å². The van der Waals surface area contributed by atoms with E-state index < -0.39 is 5.92 Å². The number of nitrogens with zero attached hydrogens (tertiary/aromatic N) is 1. The Labute approximate surface area is 127 Å². The Hall–Kier alpha value is -1.68. The summed E-state index contributed by atoms with van der Waals surface area (Å²) in [5.74, 6) is -0.959. The fraction of sp³-hybridized carbons (Fsp3) is 0.529. The highest BCUT2D eigenvalue weighted by Crippen LogP contribution is 2.17. The summed E-state index contributed by atoms with van der Waals surface area (Å²) in [7, 11) is 0. The number of carbonyl (C=O) groups excluding carboxylic acids is 2. The first-order chi connectivity index (χ1) is 10.2. The lowest BCUT2D eigenvalue weighted by atomic mass is 9.95. The Morgan fingerprint density at radius 1 is 1.29 bits per heavy atom. The molecule has 4 nitrogen and oxygen atoms in total. The van der Waals surface area contributed by atoms with Crippen LogP contribution in [0, 0.1) is 5.92 Å². The molecule has 0 radical (unpaired) electrons. The van der Waals surface area contributed by atoms with Gasteiger partial charge in [-0.15, -0.1) is 0 Å². The quantitative estimate of drug-likeness (QED) is 0.632. The normalized spacial score (nSPS) is 18.6. The lowest BCUT2D eigenvalue weighted by Crippen LogP contribution is -2.43. The molecule has 21 heavy (non-hydrogen) atoms. The molecule has 1 fully saturated rings. The third-order valence-electron chi connectivity index (χ3n) is 3.32. The summed E-state index contributed by atoms with van der Waals surface area (Å²) in [6.07, 6.45) is 0.560. The molecule has 0 spiro atoms. The van der Waals surface area contributed by atoms with Crippen LogP contribution in [-0.2, 0) is 20.9 Å². The van der Waals surface area contributed by atoms with Gasteiger partial charge in [-0.3, -0.25) is 14.5 Å². The summed E-state index contributed by atoms with van der Waals surface area (Å²) in [5, 5.41) is 0. The fourth-order valence-electron chi connectivity index (χ4n) is 2.35. The van der Waals surface area contributed by atoms with Gasteiger partial charge in [0.15, 0.2) is 5.78 Å². The Balaban J connectivity index is 0.00000106. The molecule has 1 saturated heterocycles. The van der Waals surface area contributed by atoms with Crippen LogP contribution in [0.4, 0.5) is 0 Å². The van der Waals surface area contributed by atoms with Gasteiger partial charge in [-0.05, 0) is 18.9 Å². The minimum atomic E-state index is -0.563. The molecule has 0 aromatic heterocycles. The van der Waals surface area contributed by atoms with Crippen molar-refractivity contribution in [1.29, 1.82) is 0 Å². The van der Waals surface area contributed by atoms with E-state index in [2.05, 4.69) is 4.90 Å². The highest BCUT2D eigenvalue weighted by atomic mass is 16.5. The number of benzene rings is 1. The van der Waals surface area contributed by atoms with E-state index in [1.165, 1.54) is 5.56 Å². The summed E-state index contributed by atoms with van der Waals surface area (Å²) in [6, 6.07) is 10.0. The molecule has 1 aliphatic rings. The van der Waals surface area contributed by atoms with Crippen LogP contribution in [0.2, 0.25) is 0 Å².